The molecule has 0 saturated heterocycles. The van der Waals surface area contributed by atoms with E-state index in [1.807, 2.05) is 0 Å². The number of carbonyl (C=O) groups is 2. The Hall–Kier alpha value is -2.39. The summed E-state index contributed by atoms with van der Waals surface area (Å²) in [5, 5.41) is 2.82. The van der Waals surface area contributed by atoms with Gasteiger partial charge in [-0.2, -0.15) is 13.2 Å². The lowest BCUT2D eigenvalue weighted by Crippen LogP contribution is -2.40. The van der Waals surface area contributed by atoms with Crippen LogP contribution in [0.4, 0.5) is 27.6 Å². The zero-order valence-electron chi connectivity index (χ0n) is 21.8. The number of alkyl halides is 5. The van der Waals surface area contributed by atoms with Crippen molar-refractivity contribution >= 4 is 40.8 Å². The Balaban J connectivity index is 1.93. The first-order valence-electron chi connectivity index (χ1n) is 12.4. The number of nitrogens with one attached hydrogen (secondary N) is 1. The van der Waals surface area contributed by atoms with E-state index in [0.29, 0.717) is 10.6 Å². The van der Waals surface area contributed by atoms with E-state index in [1.165, 1.54) is 36.4 Å². The van der Waals surface area contributed by atoms with Crippen LogP contribution in [0.3, 0.4) is 0 Å². The van der Waals surface area contributed by atoms with E-state index in [-0.39, 0.29) is 22.7 Å². The topological polar surface area (TPSA) is 55.4 Å². The molecule has 3 atom stereocenters. The molecule has 1 saturated carbocycles. The number of esters is 1. The summed E-state index contributed by atoms with van der Waals surface area (Å²) < 4.78 is 74.0. The molecule has 0 bridgehead atoms. The van der Waals surface area contributed by atoms with Gasteiger partial charge < -0.3 is 10.1 Å². The predicted octanol–water partition coefficient (Wildman–Crippen LogP) is 8.77. The maximum atomic E-state index is 13.7. The third-order valence-corrected chi connectivity index (χ3v) is 7.28. The second-order valence-electron chi connectivity index (χ2n) is 11.0. The average Bonchev–Trinajstić information content (AvgIpc) is 2.77. The number of anilines is 1. The summed E-state index contributed by atoms with van der Waals surface area (Å²) in [5.41, 5.74) is -0.231. The predicted molar refractivity (Wildman–Crippen MR) is 140 cm³/mol. The van der Waals surface area contributed by atoms with Crippen LogP contribution in [0.1, 0.15) is 69.9 Å². The van der Waals surface area contributed by atoms with E-state index in [9.17, 15) is 31.5 Å². The monoisotopic (exact) mass is 593 g/mol. The number of ether oxygens (including phenoxy) is 1. The van der Waals surface area contributed by atoms with Gasteiger partial charge in [0, 0.05) is 17.9 Å². The molecule has 39 heavy (non-hydrogen) atoms. The van der Waals surface area contributed by atoms with Crippen LogP contribution in [0, 0.1) is 11.8 Å². The molecule has 0 spiro atoms. The van der Waals surface area contributed by atoms with Gasteiger partial charge in [-0.25, -0.2) is 8.78 Å². The van der Waals surface area contributed by atoms with Crippen molar-refractivity contribution in [3.05, 3.63) is 63.6 Å². The smallest absolute Gasteiger partial charge is 0.392 e. The number of hydrogen-bond donors (Lipinski definition) is 1. The summed E-state index contributed by atoms with van der Waals surface area (Å²) >= 11 is 12.2. The van der Waals surface area contributed by atoms with E-state index >= 15 is 0 Å². The van der Waals surface area contributed by atoms with E-state index in [0.717, 1.165) is 6.92 Å². The highest BCUT2D eigenvalue weighted by atomic mass is 35.5. The van der Waals surface area contributed by atoms with Crippen molar-refractivity contribution in [2.24, 2.45) is 11.8 Å². The largest absolute Gasteiger partial charge is 0.460 e. The minimum atomic E-state index is -4.68. The van der Waals surface area contributed by atoms with Gasteiger partial charge in [-0.05, 0) is 68.0 Å². The zero-order valence-corrected chi connectivity index (χ0v) is 23.4. The van der Waals surface area contributed by atoms with Gasteiger partial charge in [-0.3, -0.25) is 9.59 Å². The van der Waals surface area contributed by atoms with Crippen molar-refractivity contribution in [3.63, 3.8) is 0 Å². The highest BCUT2D eigenvalue weighted by molar-refractivity contribution is 6.33. The molecular formula is C28H30Cl2F5NO3. The molecular weight excluding hydrogens is 564 g/mol. The molecule has 1 N–H and O–H groups in total. The molecule has 0 aromatic heterocycles. The summed E-state index contributed by atoms with van der Waals surface area (Å²) in [6.45, 7) is 5.97. The van der Waals surface area contributed by atoms with Crippen LogP contribution >= 0.6 is 23.2 Å². The number of carbonyl (C=O) groups excluding carboxylic acids is 2. The van der Waals surface area contributed by atoms with Crippen LogP contribution in [-0.4, -0.2) is 29.6 Å². The maximum Gasteiger partial charge on any atom is 0.392 e. The molecule has 0 aliphatic heterocycles. The Kier molecular flexibility index (Phi) is 9.27. The molecule has 0 heterocycles. The minimum absolute atomic E-state index is 0.00720. The Labute approximate surface area is 234 Å². The molecule has 4 nitrogen and oxygen atoms in total. The van der Waals surface area contributed by atoms with Crippen molar-refractivity contribution in [2.75, 3.05) is 5.32 Å². The third-order valence-electron chi connectivity index (χ3n) is 6.70. The fraction of sp³-hybridized carbons (Fsp3) is 0.500. The first-order valence-corrected chi connectivity index (χ1v) is 13.1. The Morgan fingerprint density at radius 3 is 2.10 bits per heavy atom. The van der Waals surface area contributed by atoms with Gasteiger partial charge in [-0.1, -0.05) is 48.3 Å². The van der Waals surface area contributed by atoms with Gasteiger partial charge >= 0.3 is 12.1 Å². The molecule has 1 fully saturated rings. The Morgan fingerprint density at radius 2 is 1.59 bits per heavy atom. The highest BCUT2D eigenvalue weighted by Crippen LogP contribution is 2.51. The number of halogens is 7. The van der Waals surface area contributed by atoms with Crippen molar-refractivity contribution in [1.82, 2.24) is 0 Å². The molecule has 3 unspecified atom stereocenters. The van der Waals surface area contributed by atoms with Crippen LogP contribution in [0.5, 0.6) is 0 Å². The maximum absolute atomic E-state index is 13.7. The molecule has 3 rings (SSSR count). The van der Waals surface area contributed by atoms with Gasteiger partial charge in [0.1, 0.15) is 5.60 Å². The quantitative estimate of drug-likeness (QED) is 0.246. The molecule has 11 heteroatoms. The fourth-order valence-corrected chi connectivity index (χ4v) is 5.01. The summed E-state index contributed by atoms with van der Waals surface area (Å²) in [6, 6.07) is 9.87. The van der Waals surface area contributed by atoms with Gasteiger partial charge in [0.25, 0.3) is 0 Å². The second kappa shape index (κ2) is 11.6. The molecule has 1 aliphatic carbocycles. The molecule has 1 amide bonds. The minimum Gasteiger partial charge on any atom is -0.460 e. The van der Waals surface area contributed by atoms with Gasteiger partial charge in [-0.15, -0.1) is 0 Å². The van der Waals surface area contributed by atoms with Crippen LogP contribution in [0.25, 0.3) is 0 Å². The van der Waals surface area contributed by atoms with Crippen LogP contribution < -0.4 is 5.32 Å². The summed E-state index contributed by atoms with van der Waals surface area (Å²) in [4.78, 5) is 25.9. The summed E-state index contributed by atoms with van der Waals surface area (Å²) in [7, 11) is 0. The van der Waals surface area contributed by atoms with Crippen molar-refractivity contribution in [2.45, 2.75) is 76.5 Å². The zero-order chi connectivity index (χ0) is 29.3. The van der Waals surface area contributed by atoms with Crippen LogP contribution in [0.2, 0.25) is 10.0 Å². The first-order chi connectivity index (χ1) is 17.9. The second-order valence-corrected chi connectivity index (χ2v) is 11.9. The lowest BCUT2D eigenvalue weighted by molar-refractivity contribution is -0.178. The SMILES string of the molecule is CC(C(C(=O)Nc1cc(C(CC(=O)OC(C)(C)C)C2CC(F)(F)C2)ccc1Cl)c1ccc(Cl)cc1)C(F)(F)F. The Morgan fingerprint density at radius 1 is 1.03 bits per heavy atom. The fourth-order valence-electron chi connectivity index (χ4n) is 4.72. The molecule has 2 aromatic rings. The summed E-state index contributed by atoms with van der Waals surface area (Å²) in [5.74, 6) is -9.26. The number of hydrogen-bond acceptors (Lipinski definition) is 3. The third kappa shape index (κ3) is 8.30. The van der Waals surface area contributed by atoms with E-state index in [1.54, 1.807) is 26.8 Å². The standard InChI is InChI=1S/C28H30Cl2F5NO3/c1-15(28(33,34)35)24(16-5-8-19(29)9-6-16)25(38)36-22-11-17(7-10-21(22)30)20(18-13-27(31,32)14-18)12-23(37)39-26(2,3)4/h5-11,15,18,20,24H,12-14H2,1-4H3,(H,36,38). The highest BCUT2D eigenvalue weighted by Gasteiger charge is 2.49. The van der Waals surface area contributed by atoms with Crippen molar-refractivity contribution in [1.29, 1.82) is 0 Å². The van der Waals surface area contributed by atoms with Crippen LogP contribution in [0.15, 0.2) is 42.5 Å². The number of benzene rings is 2. The lowest BCUT2D eigenvalue weighted by atomic mass is 9.69. The lowest BCUT2D eigenvalue weighted by Gasteiger charge is -2.40. The van der Waals surface area contributed by atoms with Crippen molar-refractivity contribution < 1.29 is 36.3 Å². The molecule has 214 valence electrons. The number of rotatable bonds is 8. The molecule has 2 aromatic carbocycles. The number of amides is 1. The van der Waals surface area contributed by atoms with E-state index < -0.39 is 66.1 Å². The molecule has 0 radical (unpaired) electrons. The normalized spacial score (nSPS) is 18.0. The van der Waals surface area contributed by atoms with E-state index in [2.05, 4.69) is 5.32 Å². The van der Waals surface area contributed by atoms with E-state index in [4.69, 9.17) is 27.9 Å². The average molecular weight is 594 g/mol. The van der Waals surface area contributed by atoms with Crippen LogP contribution in [-0.2, 0) is 14.3 Å². The van der Waals surface area contributed by atoms with Crippen molar-refractivity contribution in [3.8, 4) is 0 Å². The van der Waals surface area contributed by atoms with Gasteiger partial charge in [0.2, 0.25) is 11.8 Å². The molecule has 1 aliphatic rings. The van der Waals surface area contributed by atoms with Gasteiger partial charge in [0.05, 0.1) is 29.0 Å². The summed E-state index contributed by atoms with van der Waals surface area (Å²) in [6.07, 6.45) is -5.72. The Bertz CT molecular complexity index is 1190. The van der Waals surface area contributed by atoms with Gasteiger partial charge in [0.15, 0.2) is 0 Å². The first kappa shape index (κ1) is 31.1.